The molecule has 0 saturated carbocycles. The van der Waals surface area contributed by atoms with Crippen LogP contribution in [0.2, 0.25) is 0 Å². The van der Waals surface area contributed by atoms with Gasteiger partial charge in [0.05, 0.1) is 16.8 Å². The quantitative estimate of drug-likeness (QED) is 0.179. The lowest BCUT2D eigenvalue weighted by atomic mass is 9.60. The SMILES string of the molecule is Brc1ccc2c(c1)C1(c3cc(-c4ccccc4)ccc3Oc3ccc(-c4ccccc4)cc31)c1cc(Br)ccc1N2c1ccccc1. The molecule has 224 valence electrons. The topological polar surface area (TPSA) is 12.5 Å². The summed E-state index contributed by atoms with van der Waals surface area (Å²) < 4.78 is 8.90. The number of anilines is 3. The van der Waals surface area contributed by atoms with Crippen LogP contribution in [0.4, 0.5) is 17.1 Å². The fourth-order valence-electron chi connectivity index (χ4n) is 7.43. The van der Waals surface area contributed by atoms with E-state index in [-0.39, 0.29) is 0 Å². The number of fused-ring (bicyclic) bond motifs is 8. The van der Waals surface area contributed by atoms with Crippen LogP contribution in [0.3, 0.4) is 0 Å². The zero-order valence-electron chi connectivity index (χ0n) is 25.2. The molecule has 0 atom stereocenters. The summed E-state index contributed by atoms with van der Waals surface area (Å²) in [7, 11) is 0. The van der Waals surface area contributed by atoms with Crippen molar-refractivity contribution in [3.63, 3.8) is 0 Å². The Labute approximate surface area is 291 Å². The number of ether oxygens (including phenoxy) is 1. The monoisotopic (exact) mass is 731 g/mol. The van der Waals surface area contributed by atoms with Crippen molar-refractivity contribution < 1.29 is 4.74 Å². The standard InChI is InChI=1S/C43H27Br2NO/c44-32-18-20-39-35(26-32)43(36-27-33(45)19-21-40(36)46(39)34-14-8-3-9-15-34)37-24-30(28-10-4-1-5-11-28)16-22-41(37)47-42-23-17-31(25-38(42)43)29-12-6-2-7-13-29/h1-27H. The minimum absolute atomic E-state index is 0.706. The molecule has 0 aromatic heterocycles. The Bertz CT molecular complexity index is 2160. The molecule has 2 nitrogen and oxygen atoms in total. The molecule has 0 amide bonds. The second-order valence-corrected chi connectivity index (χ2v) is 13.8. The second kappa shape index (κ2) is 11.1. The van der Waals surface area contributed by atoms with E-state index in [0.29, 0.717) is 0 Å². The van der Waals surface area contributed by atoms with Gasteiger partial charge in [-0.1, -0.05) is 123 Å². The first-order valence-electron chi connectivity index (χ1n) is 15.6. The molecule has 47 heavy (non-hydrogen) atoms. The molecule has 1 spiro atoms. The van der Waals surface area contributed by atoms with Crippen LogP contribution in [0.1, 0.15) is 22.3 Å². The fourth-order valence-corrected chi connectivity index (χ4v) is 8.15. The zero-order valence-corrected chi connectivity index (χ0v) is 28.4. The van der Waals surface area contributed by atoms with Gasteiger partial charge in [0.15, 0.2) is 0 Å². The summed E-state index contributed by atoms with van der Waals surface area (Å²) in [6.07, 6.45) is 0. The highest BCUT2D eigenvalue weighted by Crippen LogP contribution is 2.64. The molecule has 0 saturated heterocycles. The predicted octanol–water partition coefficient (Wildman–Crippen LogP) is 12.8. The van der Waals surface area contributed by atoms with Crippen molar-refractivity contribution in [2.75, 3.05) is 4.90 Å². The van der Waals surface area contributed by atoms with E-state index >= 15 is 0 Å². The molecule has 0 radical (unpaired) electrons. The minimum Gasteiger partial charge on any atom is -0.457 e. The highest BCUT2D eigenvalue weighted by molar-refractivity contribution is 9.10. The van der Waals surface area contributed by atoms with Crippen molar-refractivity contribution in [1.29, 1.82) is 0 Å². The summed E-state index contributed by atoms with van der Waals surface area (Å²) in [4.78, 5) is 2.39. The summed E-state index contributed by atoms with van der Waals surface area (Å²) in [5.41, 5.74) is 11.9. The van der Waals surface area contributed by atoms with Gasteiger partial charge in [-0.15, -0.1) is 0 Å². The highest BCUT2D eigenvalue weighted by atomic mass is 79.9. The van der Waals surface area contributed by atoms with E-state index in [1.165, 1.54) is 22.3 Å². The number of hydrogen-bond donors (Lipinski definition) is 0. The van der Waals surface area contributed by atoms with Crippen LogP contribution in [0.5, 0.6) is 11.5 Å². The van der Waals surface area contributed by atoms with Crippen LogP contribution in [-0.4, -0.2) is 0 Å². The van der Waals surface area contributed by atoms with Crippen LogP contribution in [0.15, 0.2) is 173 Å². The molecule has 0 unspecified atom stereocenters. The molecule has 2 heterocycles. The first kappa shape index (κ1) is 28.3. The molecular formula is C43H27Br2NO. The normalized spacial score (nSPS) is 13.6. The van der Waals surface area contributed by atoms with E-state index in [0.717, 1.165) is 59.8 Å². The largest absolute Gasteiger partial charge is 0.457 e. The van der Waals surface area contributed by atoms with E-state index in [4.69, 9.17) is 4.74 Å². The fraction of sp³-hybridized carbons (Fsp3) is 0.0233. The summed E-state index contributed by atoms with van der Waals surface area (Å²) in [6.45, 7) is 0. The Morgan fingerprint density at radius 3 is 1.32 bits per heavy atom. The first-order chi connectivity index (χ1) is 23.1. The van der Waals surface area contributed by atoms with Crippen molar-refractivity contribution in [2.24, 2.45) is 0 Å². The van der Waals surface area contributed by atoms with Crippen molar-refractivity contribution in [2.45, 2.75) is 5.41 Å². The van der Waals surface area contributed by atoms with E-state index in [1.807, 2.05) is 0 Å². The van der Waals surface area contributed by atoms with Gasteiger partial charge in [-0.2, -0.15) is 0 Å². The third-order valence-corrected chi connectivity index (χ3v) is 10.4. The molecule has 0 N–H and O–H groups in total. The Morgan fingerprint density at radius 1 is 0.404 bits per heavy atom. The van der Waals surface area contributed by atoms with Crippen LogP contribution < -0.4 is 9.64 Å². The smallest absolute Gasteiger partial charge is 0.132 e. The lowest BCUT2D eigenvalue weighted by Gasteiger charge is -2.49. The third kappa shape index (κ3) is 4.43. The van der Waals surface area contributed by atoms with E-state index < -0.39 is 5.41 Å². The number of para-hydroxylation sites is 1. The minimum atomic E-state index is -0.706. The van der Waals surface area contributed by atoms with Gasteiger partial charge in [-0.05, 0) is 106 Å². The van der Waals surface area contributed by atoms with Crippen molar-refractivity contribution in [1.82, 2.24) is 0 Å². The third-order valence-electron chi connectivity index (χ3n) is 9.42. The summed E-state index contributed by atoms with van der Waals surface area (Å²) in [6, 6.07) is 58.6. The van der Waals surface area contributed by atoms with E-state index in [2.05, 4.69) is 201 Å². The van der Waals surface area contributed by atoms with Crippen molar-refractivity contribution in [3.05, 3.63) is 195 Å². The summed E-state index contributed by atoms with van der Waals surface area (Å²) in [5, 5.41) is 0. The van der Waals surface area contributed by atoms with E-state index in [9.17, 15) is 0 Å². The average molecular weight is 734 g/mol. The highest BCUT2D eigenvalue weighted by Gasteiger charge is 2.51. The number of rotatable bonds is 3. The average Bonchev–Trinajstić information content (AvgIpc) is 3.12. The molecule has 4 heteroatoms. The maximum atomic E-state index is 6.85. The summed E-state index contributed by atoms with van der Waals surface area (Å²) in [5.74, 6) is 1.71. The number of benzene rings is 7. The van der Waals surface area contributed by atoms with Gasteiger partial charge < -0.3 is 9.64 Å². The number of nitrogens with zero attached hydrogens (tertiary/aromatic N) is 1. The van der Waals surface area contributed by atoms with Crippen LogP contribution >= 0.6 is 31.9 Å². The van der Waals surface area contributed by atoms with Gasteiger partial charge in [-0.3, -0.25) is 0 Å². The first-order valence-corrected chi connectivity index (χ1v) is 17.2. The van der Waals surface area contributed by atoms with Gasteiger partial charge in [-0.25, -0.2) is 0 Å². The van der Waals surface area contributed by atoms with Crippen LogP contribution in [-0.2, 0) is 5.41 Å². The van der Waals surface area contributed by atoms with E-state index in [1.54, 1.807) is 0 Å². The van der Waals surface area contributed by atoms with Crippen molar-refractivity contribution >= 4 is 48.9 Å². The maximum Gasteiger partial charge on any atom is 0.132 e. The number of halogens is 2. The van der Waals surface area contributed by atoms with Gasteiger partial charge in [0, 0.05) is 25.8 Å². The molecule has 9 rings (SSSR count). The molecule has 7 aromatic rings. The Hall–Kier alpha value is -4.90. The molecule has 2 aliphatic rings. The van der Waals surface area contributed by atoms with Crippen LogP contribution in [0, 0.1) is 0 Å². The molecule has 7 aromatic carbocycles. The van der Waals surface area contributed by atoms with Crippen molar-refractivity contribution in [3.8, 4) is 33.8 Å². The lowest BCUT2D eigenvalue weighted by molar-refractivity contribution is 0.434. The Balaban J connectivity index is 1.45. The predicted molar refractivity (Wildman–Crippen MR) is 199 cm³/mol. The molecule has 2 aliphatic heterocycles. The Morgan fingerprint density at radius 2 is 0.851 bits per heavy atom. The molecular weight excluding hydrogens is 706 g/mol. The second-order valence-electron chi connectivity index (χ2n) is 12.0. The van der Waals surface area contributed by atoms with Gasteiger partial charge in [0.25, 0.3) is 0 Å². The Kier molecular flexibility index (Phi) is 6.70. The molecule has 0 fully saturated rings. The molecule has 0 bridgehead atoms. The van der Waals surface area contributed by atoms with Gasteiger partial charge >= 0.3 is 0 Å². The number of hydrogen-bond acceptors (Lipinski definition) is 2. The zero-order chi connectivity index (χ0) is 31.5. The van der Waals surface area contributed by atoms with Gasteiger partial charge in [0.2, 0.25) is 0 Å². The summed E-state index contributed by atoms with van der Waals surface area (Å²) >= 11 is 7.79. The molecule has 0 aliphatic carbocycles. The lowest BCUT2D eigenvalue weighted by Crippen LogP contribution is -2.40. The maximum absolute atomic E-state index is 6.85. The van der Waals surface area contributed by atoms with Crippen LogP contribution in [0.25, 0.3) is 22.3 Å². The van der Waals surface area contributed by atoms with Gasteiger partial charge in [0.1, 0.15) is 11.5 Å².